The first-order valence-electron chi connectivity index (χ1n) is 4.60. The number of aryl methyl sites for hydroxylation is 1. The third kappa shape index (κ3) is 2.48. The summed E-state index contributed by atoms with van der Waals surface area (Å²) < 4.78 is 5.64. The van der Waals surface area contributed by atoms with Gasteiger partial charge in [0.1, 0.15) is 11.5 Å². The minimum atomic E-state index is 0.570. The van der Waals surface area contributed by atoms with Crippen molar-refractivity contribution >= 4 is 11.6 Å². The maximum Gasteiger partial charge on any atom is 0.147 e. The lowest BCUT2D eigenvalue weighted by Gasteiger charge is -2.07. The van der Waals surface area contributed by atoms with E-state index in [0.29, 0.717) is 10.8 Å². The minimum absolute atomic E-state index is 0.570. The Bertz CT molecular complexity index is 471. The second-order valence-corrected chi connectivity index (χ2v) is 3.64. The lowest BCUT2D eigenvalue weighted by atomic mass is 10.2. The molecule has 0 N–H and O–H groups in total. The van der Waals surface area contributed by atoms with Crippen molar-refractivity contribution in [2.75, 3.05) is 0 Å². The van der Waals surface area contributed by atoms with E-state index in [1.807, 2.05) is 31.2 Å². The summed E-state index contributed by atoms with van der Waals surface area (Å²) in [6, 6.07) is 9.54. The largest absolute Gasteiger partial charge is 0.455 e. The molecule has 1 aromatic heterocycles. The molecule has 76 valence electrons. The van der Waals surface area contributed by atoms with Gasteiger partial charge in [0.15, 0.2) is 0 Å². The molecule has 0 fully saturated rings. The van der Waals surface area contributed by atoms with Crippen LogP contribution < -0.4 is 4.74 Å². The molecule has 0 bridgehead atoms. The van der Waals surface area contributed by atoms with E-state index in [0.717, 1.165) is 11.3 Å². The quantitative estimate of drug-likeness (QED) is 0.766. The van der Waals surface area contributed by atoms with Gasteiger partial charge in [0.25, 0.3) is 0 Å². The molecule has 0 unspecified atom stereocenters. The summed E-state index contributed by atoms with van der Waals surface area (Å²) in [7, 11) is 0. The van der Waals surface area contributed by atoms with Crippen molar-refractivity contribution in [3.05, 3.63) is 53.3 Å². The zero-order valence-corrected chi connectivity index (χ0v) is 9.03. The van der Waals surface area contributed by atoms with Crippen molar-refractivity contribution in [2.24, 2.45) is 0 Å². The fourth-order valence-electron chi connectivity index (χ4n) is 1.25. The average molecular weight is 220 g/mol. The summed E-state index contributed by atoms with van der Waals surface area (Å²) in [6.07, 6.45) is 3.21. The van der Waals surface area contributed by atoms with Crippen LogP contribution in [0.3, 0.4) is 0 Å². The minimum Gasteiger partial charge on any atom is -0.455 e. The summed E-state index contributed by atoms with van der Waals surface area (Å²) >= 11 is 5.81. The van der Waals surface area contributed by atoms with Crippen molar-refractivity contribution in [3.8, 4) is 11.5 Å². The third-order valence-corrected chi connectivity index (χ3v) is 2.21. The van der Waals surface area contributed by atoms with Crippen LogP contribution in [0.25, 0.3) is 0 Å². The van der Waals surface area contributed by atoms with Crippen molar-refractivity contribution in [3.63, 3.8) is 0 Å². The van der Waals surface area contributed by atoms with Crippen molar-refractivity contribution in [1.29, 1.82) is 0 Å². The number of benzene rings is 1. The Morgan fingerprint density at radius 1 is 1.20 bits per heavy atom. The molecule has 0 radical (unpaired) electrons. The van der Waals surface area contributed by atoms with Crippen LogP contribution in [0, 0.1) is 6.92 Å². The predicted octanol–water partition coefficient (Wildman–Crippen LogP) is 3.84. The molecule has 0 amide bonds. The molecule has 1 heterocycles. The fourth-order valence-corrected chi connectivity index (χ4v) is 1.41. The van der Waals surface area contributed by atoms with E-state index in [1.54, 1.807) is 18.5 Å². The monoisotopic (exact) mass is 219 g/mol. The van der Waals surface area contributed by atoms with Crippen molar-refractivity contribution in [2.45, 2.75) is 6.92 Å². The molecule has 2 aromatic rings. The van der Waals surface area contributed by atoms with E-state index in [-0.39, 0.29) is 0 Å². The van der Waals surface area contributed by atoms with Crippen LogP contribution in [0.5, 0.6) is 11.5 Å². The second kappa shape index (κ2) is 4.32. The van der Waals surface area contributed by atoms with Crippen molar-refractivity contribution < 1.29 is 4.74 Å². The Labute approximate surface area is 93.5 Å². The highest BCUT2D eigenvalue weighted by atomic mass is 35.5. The molecule has 2 nitrogen and oxygen atoms in total. The standard InChI is InChI=1S/C12H10ClNO/c1-9-4-2-3-5-12(9)15-11-6-10(13)7-14-8-11/h2-8H,1H3. The Kier molecular flexibility index (Phi) is 2.88. The van der Waals surface area contributed by atoms with E-state index in [4.69, 9.17) is 16.3 Å². The molecular weight excluding hydrogens is 210 g/mol. The lowest BCUT2D eigenvalue weighted by molar-refractivity contribution is 0.476. The Hall–Kier alpha value is -1.54. The van der Waals surface area contributed by atoms with Crippen molar-refractivity contribution in [1.82, 2.24) is 4.98 Å². The molecule has 0 aliphatic heterocycles. The maximum atomic E-state index is 5.81. The second-order valence-electron chi connectivity index (χ2n) is 3.21. The number of pyridine rings is 1. The van der Waals surface area contributed by atoms with E-state index in [1.165, 1.54) is 0 Å². The van der Waals surface area contributed by atoms with Crippen LogP contribution in [0.2, 0.25) is 5.02 Å². The highest BCUT2D eigenvalue weighted by Crippen LogP contribution is 2.25. The number of hydrogen-bond acceptors (Lipinski definition) is 2. The van der Waals surface area contributed by atoms with Gasteiger partial charge in [-0.2, -0.15) is 0 Å². The first-order chi connectivity index (χ1) is 7.25. The van der Waals surface area contributed by atoms with Gasteiger partial charge < -0.3 is 4.74 Å². The molecule has 0 saturated heterocycles. The van der Waals surface area contributed by atoms with E-state index in [2.05, 4.69) is 4.98 Å². The smallest absolute Gasteiger partial charge is 0.147 e. The summed E-state index contributed by atoms with van der Waals surface area (Å²) in [5.41, 5.74) is 1.08. The summed E-state index contributed by atoms with van der Waals surface area (Å²) in [6.45, 7) is 1.99. The number of nitrogens with zero attached hydrogens (tertiary/aromatic N) is 1. The SMILES string of the molecule is Cc1ccccc1Oc1cncc(Cl)c1. The molecule has 1 aromatic carbocycles. The molecule has 15 heavy (non-hydrogen) atoms. The molecule has 0 aliphatic rings. The third-order valence-electron chi connectivity index (χ3n) is 2.00. The summed E-state index contributed by atoms with van der Waals surface area (Å²) in [4.78, 5) is 3.95. The number of ether oxygens (including phenoxy) is 1. The Morgan fingerprint density at radius 2 is 2.00 bits per heavy atom. The van der Waals surface area contributed by atoms with Crippen LogP contribution >= 0.6 is 11.6 Å². The summed E-state index contributed by atoms with van der Waals surface area (Å²) in [5.74, 6) is 1.47. The average Bonchev–Trinajstić information content (AvgIpc) is 2.22. The van der Waals surface area contributed by atoms with Crippen LogP contribution in [-0.4, -0.2) is 4.98 Å². The lowest BCUT2D eigenvalue weighted by Crippen LogP contribution is -1.87. The number of halogens is 1. The highest BCUT2D eigenvalue weighted by Gasteiger charge is 2.00. The molecule has 0 aliphatic carbocycles. The number of hydrogen-bond donors (Lipinski definition) is 0. The molecule has 0 saturated carbocycles. The molecular formula is C12H10ClNO. The van der Waals surface area contributed by atoms with Crippen LogP contribution in [0.4, 0.5) is 0 Å². The first kappa shape index (κ1) is 9.99. The highest BCUT2D eigenvalue weighted by molar-refractivity contribution is 6.30. The van der Waals surface area contributed by atoms with Gasteiger partial charge in [0, 0.05) is 12.3 Å². The van der Waals surface area contributed by atoms with Gasteiger partial charge in [-0.05, 0) is 18.6 Å². The van der Waals surface area contributed by atoms with Gasteiger partial charge >= 0.3 is 0 Å². The van der Waals surface area contributed by atoms with E-state index in [9.17, 15) is 0 Å². The van der Waals surface area contributed by atoms with Gasteiger partial charge in [0.2, 0.25) is 0 Å². The Morgan fingerprint density at radius 3 is 2.73 bits per heavy atom. The zero-order chi connectivity index (χ0) is 10.7. The van der Waals surface area contributed by atoms with E-state index < -0.39 is 0 Å². The normalized spacial score (nSPS) is 10.0. The first-order valence-corrected chi connectivity index (χ1v) is 4.97. The molecule has 0 atom stereocenters. The molecule has 3 heteroatoms. The van der Waals surface area contributed by atoms with Gasteiger partial charge in [-0.3, -0.25) is 4.98 Å². The topological polar surface area (TPSA) is 22.1 Å². The maximum absolute atomic E-state index is 5.81. The van der Waals surface area contributed by atoms with E-state index >= 15 is 0 Å². The zero-order valence-electron chi connectivity index (χ0n) is 8.27. The van der Waals surface area contributed by atoms with Gasteiger partial charge in [-0.15, -0.1) is 0 Å². The number of rotatable bonds is 2. The summed E-state index contributed by atoms with van der Waals surface area (Å²) in [5, 5.41) is 0.570. The van der Waals surface area contributed by atoms with Gasteiger partial charge in [-0.1, -0.05) is 29.8 Å². The van der Waals surface area contributed by atoms with Crippen LogP contribution in [0.15, 0.2) is 42.7 Å². The van der Waals surface area contributed by atoms with Gasteiger partial charge in [0.05, 0.1) is 11.2 Å². The Balaban J connectivity index is 2.26. The molecule has 0 spiro atoms. The predicted molar refractivity (Wildman–Crippen MR) is 60.5 cm³/mol. The van der Waals surface area contributed by atoms with Crippen LogP contribution in [0.1, 0.15) is 5.56 Å². The van der Waals surface area contributed by atoms with Crippen LogP contribution in [-0.2, 0) is 0 Å². The fraction of sp³-hybridized carbons (Fsp3) is 0.0833. The van der Waals surface area contributed by atoms with Gasteiger partial charge in [-0.25, -0.2) is 0 Å². The number of para-hydroxylation sites is 1. The number of aromatic nitrogens is 1. The molecule has 2 rings (SSSR count).